The molecule has 1 aromatic heterocycles. The van der Waals surface area contributed by atoms with Gasteiger partial charge in [0.25, 0.3) is 0 Å². The van der Waals surface area contributed by atoms with Crippen molar-refractivity contribution in [2.75, 3.05) is 10.6 Å². The fraction of sp³-hybridized carbons (Fsp3) is 0.118. The molecule has 1 amide bonds. The van der Waals surface area contributed by atoms with E-state index in [1.54, 1.807) is 18.2 Å². The molecule has 9 heteroatoms. The Labute approximate surface area is 145 Å². The number of halogens is 4. The number of benzene rings is 2. The van der Waals surface area contributed by atoms with Gasteiger partial charge in [0.05, 0.1) is 0 Å². The maximum Gasteiger partial charge on any atom is 0.451 e. The van der Waals surface area contributed by atoms with Gasteiger partial charge in [-0.1, -0.05) is 12.1 Å². The molecule has 134 valence electrons. The van der Waals surface area contributed by atoms with Crippen LogP contribution in [0.1, 0.15) is 12.7 Å². The van der Waals surface area contributed by atoms with Gasteiger partial charge in [0.15, 0.2) is 0 Å². The van der Waals surface area contributed by atoms with Crippen LogP contribution in [-0.4, -0.2) is 15.9 Å². The molecular weight excluding hydrogens is 352 g/mol. The van der Waals surface area contributed by atoms with Crippen LogP contribution >= 0.6 is 0 Å². The number of para-hydroxylation sites is 1. The van der Waals surface area contributed by atoms with Crippen molar-refractivity contribution in [3.8, 4) is 0 Å². The summed E-state index contributed by atoms with van der Waals surface area (Å²) < 4.78 is 53.1. The third kappa shape index (κ3) is 3.71. The monoisotopic (exact) mass is 364 g/mol. The molecule has 0 aliphatic rings. The number of aromatic nitrogens is 2. The Balaban J connectivity index is 2.09. The number of fused-ring (bicyclic) bond motifs is 1. The lowest BCUT2D eigenvalue weighted by Gasteiger charge is -2.13. The van der Waals surface area contributed by atoms with Crippen LogP contribution in [0.5, 0.6) is 0 Å². The summed E-state index contributed by atoms with van der Waals surface area (Å²) in [5.41, 5.74) is 0.382. The maximum atomic E-state index is 13.9. The molecule has 26 heavy (non-hydrogen) atoms. The number of anilines is 3. The van der Waals surface area contributed by atoms with Crippen LogP contribution in [-0.2, 0) is 11.0 Å². The number of rotatable bonds is 3. The third-order valence-electron chi connectivity index (χ3n) is 3.38. The highest BCUT2D eigenvalue weighted by molar-refractivity contribution is 5.92. The number of nitrogens with one attached hydrogen (secondary N) is 2. The number of carbonyl (C=O) groups is 1. The highest BCUT2D eigenvalue weighted by Gasteiger charge is 2.36. The number of carbonyl (C=O) groups excluding carboxylic acids is 1. The molecule has 0 unspecified atom stereocenters. The lowest BCUT2D eigenvalue weighted by molar-refractivity contribution is -0.144. The highest BCUT2D eigenvalue weighted by atomic mass is 19.4. The quantitative estimate of drug-likeness (QED) is 0.672. The van der Waals surface area contributed by atoms with Gasteiger partial charge in [-0.2, -0.15) is 13.2 Å². The minimum Gasteiger partial charge on any atom is -0.340 e. The first-order valence-corrected chi connectivity index (χ1v) is 7.42. The maximum absolute atomic E-state index is 13.9. The van der Waals surface area contributed by atoms with E-state index in [1.807, 2.05) is 0 Å². The van der Waals surface area contributed by atoms with Gasteiger partial charge in [-0.25, -0.2) is 14.4 Å². The normalized spacial score (nSPS) is 11.4. The summed E-state index contributed by atoms with van der Waals surface area (Å²) in [5, 5.41) is 5.39. The molecule has 3 aromatic rings. The molecular formula is C17H12F4N4O. The zero-order valence-electron chi connectivity index (χ0n) is 13.4. The molecule has 2 N–H and O–H groups in total. The van der Waals surface area contributed by atoms with E-state index in [2.05, 4.69) is 20.6 Å². The van der Waals surface area contributed by atoms with Gasteiger partial charge in [0.1, 0.15) is 17.2 Å². The molecule has 0 saturated heterocycles. The fourth-order valence-corrected chi connectivity index (χ4v) is 2.35. The topological polar surface area (TPSA) is 66.9 Å². The van der Waals surface area contributed by atoms with Crippen LogP contribution in [0.25, 0.3) is 10.9 Å². The minimum atomic E-state index is -4.83. The van der Waals surface area contributed by atoms with Crippen molar-refractivity contribution < 1.29 is 22.4 Å². The SMILES string of the molecule is CC(=O)Nc1cccc(Nc2nc(C(F)(F)F)nc3c(F)cccc23)c1. The van der Waals surface area contributed by atoms with Crippen LogP contribution in [0, 0.1) is 5.82 Å². The van der Waals surface area contributed by atoms with Crippen molar-refractivity contribution >= 4 is 34.0 Å². The highest BCUT2D eigenvalue weighted by Crippen LogP contribution is 2.32. The summed E-state index contributed by atoms with van der Waals surface area (Å²) in [5.74, 6) is -2.82. The second kappa shape index (κ2) is 6.58. The van der Waals surface area contributed by atoms with Crippen molar-refractivity contribution in [1.29, 1.82) is 0 Å². The Hall–Kier alpha value is -3.23. The van der Waals surface area contributed by atoms with Gasteiger partial charge in [0.2, 0.25) is 11.7 Å². The largest absolute Gasteiger partial charge is 0.451 e. The Morgan fingerprint density at radius 3 is 2.42 bits per heavy atom. The van der Waals surface area contributed by atoms with E-state index in [0.717, 1.165) is 6.07 Å². The lowest BCUT2D eigenvalue weighted by atomic mass is 10.2. The smallest absolute Gasteiger partial charge is 0.340 e. The zero-order chi connectivity index (χ0) is 18.9. The van der Waals surface area contributed by atoms with Gasteiger partial charge in [-0.3, -0.25) is 4.79 Å². The minimum absolute atomic E-state index is 0.0999. The van der Waals surface area contributed by atoms with Crippen molar-refractivity contribution in [3.63, 3.8) is 0 Å². The molecule has 3 rings (SSSR count). The van der Waals surface area contributed by atoms with E-state index in [1.165, 1.54) is 25.1 Å². The average Bonchev–Trinajstić information content (AvgIpc) is 2.54. The first-order valence-electron chi connectivity index (χ1n) is 7.42. The molecule has 0 atom stereocenters. The number of amides is 1. The first-order chi connectivity index (χ1) is 12.2. The molecule has 0 fully saturated rings. The molecule has 5 nitrogen and oxygen atoms in total. The van der Waals surface area contributed by atoms with Crippen LogP contribution in [0.3, 0.4) is 0 Å². The molecule has 0 aliphatic carbocycles. The van der Waals surface area contributed by atoms with Crippen LogP contribution in [0.15, 0.2) is 42.5 Å². The van der Waals surface area contributed by atoms with Gasteiger partial charge in [0, 0.05) is 23.7 Å². The summed E-state index contributed by atoms with van der Waals surface area (Å²) in [4.78, 5) is 17.9. The average molecular weight is 364 g/mol. The van der Waals surface area contributed by atoms with Gasteiger partial charge in [-0.05, 0) is 30.3 Å². The molecule has 0 bridgehead atoms. The number of hydrogen-bond donors (Lipinski definition) is 2. The predicted molar refractivity (Wildman–Crippen MR) is 88.5 cm³/mol. The molecule has 1 heterocycles. The van der Waals surface area contributed by atoms with Crippen molar-refractivity contribution in [2.24, 2.45) is 0 Å². The second-order valence-corrected chi connectivity index (χ2v) is 5.42. The van der Waals surface area contributed by atoms with Crippen molar-refractivity contribution in [3.05, 3.63) is 54.1 Å². The van der Waals surface area contributed by atoms with Gasteiger partial charge >= 0.3 is 6.18 Å². The Morgan fingerprint density at radius 1 is 1.04 bits per heavy atom. The van der Waals surface area contributed by atoms with E-state index < -0.39 is 23.3 Å². The predicted octanol–water partition coefficient (Wildman–Crippen LogP) is 4.49. The molecule has 0 saturated carbocycles. The number of alkyl halides is 3. The van der Waals surface area contributed by atoms with Crippen molar-refractivity contribution in [1.82, 2.24) is 9.97 Å². The van der Waals surface area contributed by atoms with E-state index in [0.29, 0.717) is 11.4 Å². The molecule has 0 spiro atoms. The standard InChI is InChI=1S/C17H12F4N4O/c1-9(26)22-10-4-2-5-11(8-10)23-15-12-6-3-7-13(18)14(12)24-16(25-15)17(19,20)21/h2-8H,1H3,(H,22,26)(H,23,24,25). The number of nitrogens with zero attached hydrogens (tertiary/aromatic N) is 2. The molecule has 2 aromatic carbocycles. The summed E-state index contributed by atoms with van der Waals surface area (Å²) in [6.45, 7) is 1.33. The van der Waals surface area contributed by atoms with Gasteiger partial charge in [-0.15, -0.1) is 0 Å². The van der Waals surface area contributed by atoms with Crippen molar-refractivity contribution in [2.45, 2.75) is 13.1 Å². The Morgan fingerprint density at radius 2 is 1.73 bits per heavy atom. The summed E-state index contributed by atoms with van der Waals surface area (Å²) in [7, 11) is 0. The Kier molecular flexibility index (Phi) is 4.45. The fourth-order valence-electron chi connectivity index (χ4n) is 2.35. The Bertz CT molecular complexity index is 988. The lowest BCUT2D eigenvalue weighted by Crippen LogP contribution is -2.13. The zero-order valence-corrected chi connectivity index (χ0v) is 13.4. The molecule has 0 aliphatic heterocycles. The second-order valence-electron chi connectivity index (χ2n) is 5.42. The van der Waals surface area contributed by atoms with E-state index in [9.17, 15) is 22.4 Å². The van der Waals surface area contributed by atoms with Crippen LogP contribution in [0.2, 0.25) is 0 Å². The van der Waals surface area contributed by atoms with E-state index in [4.69, 9.17) is 0 Å². The summed E-state index contributed by atoms with van der Waals surface area (Å²) >= 11 is 0. The van der Waals surface area contributed by atoms with Gasteiger partial charge < -0.3 is 10.6 Å². The van der Waals surface area contributed by atoms with E-state index >= 15 is 0 Å². The third-order valence-corrected chi connectivity index (χ3v) is 3.38. The summed E-state index contributed by atoms with van der Waals surface area (Å²) in [6.07, 6.45) is -4.83. The summed E-state index contributed by atoms with van der Waals surface area (Å²) in [6, 6.07) is 10.1. The number of hydrogen-bond acceptors (Lipinski definition) is 4. The molecule has 0 radical (unpaired) electrons. The van der Waals surface area contributed by atoms with Crippen LogP contribution < -0.4 is 10.6 Å². The van der Waals surface area contributed by atoms with Crippen LogP contribution in [0.4, 0.5) is 34.8 Å². The van der Waals surface area contributed by atoms with E-state index in [-0.39, 0.29) is 17.1 Å². The first kappa shape index (κ1) is 17.6.